The average molecular weight is 281 g/mol. The first-order valence-corrected chi connectivity index (χ1v) is 7.37. The highest BCUT2D eigenvalue weighted by molar-refractivity contribution is 7.09. The summed E-state index contributed by atoms with van der Waals surface area (Å²) in [6, 6.07) is 18.3. The van der Waals surface area contributed by atoms with Crippen LogP contribution in [0.15, 0.2) is 60.1 Å². The Hall–Kier alpha value is -1.97. The molecule has 2 nitrogen and oxygen atoms in total. The van der Waals surface area contributed by atoms with E-state index in [2.05, 4.69) is 17.1 Å². The zero-order chi connectivity index (χ0) is 13.9. The Balaban J connectivity index is 1.89. The van der Waals surface area contributed by atoms with Crippen LogP contribution < -0.4 is 0 Å². The van der Waals surface area contributed by atoms with Gasteiger partial charge in [0.15, 0.2) is 0 Å². The van der Waals surface area contributed by atoms with E-state index >= 15 is 0 Å². The van der Waals surface area contributed by atoms with Crippen LogP contribution in [0.2, 0.25) is 0 Å². The third-order valence-electron chi connectivity index (χ3n) is 3.36. The van der Waals surface area contributed by atoms with E-state index < -0.39 is 6.10 Å². The van der Waals surface area contributed by atoms with Crippen LogP contribution in [0, 0.1) is 6.92 Å². The summed E-state index contributed by atoms with van der Waals surface area (Å²) < 4.78 is 0. The number of benzene rings is 2. The monoisotopic (exact) mass is 281 g/mol. The smallest absolute Gasteiger partial charge is 0.115 e. The normalized spacial score (nSPS) is 12.3. The number of aromatic nitrogens is 1. The summed E-state index contributed by atoms with van der Waals surface area (Å²) in [6.45, 7) is 1.92. The maximum Gasteiger partial charge on any atom is 0.115 e. The van der Waals surface area contributed by atoms with Gasteiger partial charge in [-0.15, -0.1) is 11.3 Å². The number of hydrogen-bond donors (Lipinski definition) is 1. The molecule has 100 valence electrons. The van der Waals surface area contributed by atoms with Crippen LogP contribution in [0.1, 0.15) is 22.2 Å². The minimum Gasteiger partial charge on any atom is -0.383 e. The summed E-state index contributed by atoms with van der Waals surface area (Å²) in [7, 11) is 0. The van der Waals surface area contributed by atoms with E-state index in [1.807, 2.05) is 49.4 Å². The fourth-order valence-electron chi connectivity index (χ4n) is 2.21. The molecule has 2 aromatic carbocycles. The molecule has 0 bridgehead atoms. The highest BCUT2D eigenvalue weighted by atomic mass is 32.1. The molecule has 0 saturated carbocycles. The minimum absolute atomic E-state index is 0.590. The first kappa shape index (κ1) is 13.0. The van der Waals surface area contributed by atoms with Crippen LogP contribution in [0.5, 0.6) is 0 Å². The molecule has 0 aliphatic rings. The van der Waals surface area contributed by atoms with Crippen LogP contribution in [-0.4, -0.2) is 10.1 Å². The molecule has 0 fully saturated rings. The summed E-state index contributed by atoms with van der Waals surface area (Å²) in [5, 5.41) is 10.4. The van der Waals surface area contributed by atoms with Crippen molar-refractivity contribution in [3.63, 3.8) is 0 Å². The Labute approximate surface area is 122 Å². The third-order valence-corrected chi connectivity index (χ3v) is 4.35. The lowest BCUT2D eigenvalue weighted by Gasteiger charge is -2.10. The van der Waals surface area contributed by atoms with Gasteiger partial charge in [-0.05, 0) is 23.6 Å². The van der Waals surface area contributed by atoms with Gasteiger partial charge in [0.25, 0.3) is 0 Å². The number of thiazole rings is 1. The molecule has 20 heavy (non-hydrogen) atoms. The molecular weight excluding hydrogens is 266 g/mol. The maximum absolute atomic E-state index is 10.4. The SMILES string of the molecule is Cc1ncsc1C(O)c1ccc(-c2ccccc2)cc1. The van der Waals surface area contributed by atoms with E-state index in [-0.39, 0.29) is 0 Å². The molecule has 1 atom stereocenters. The van der Waals surface area contributed by atoms with Crippen molar-refractivity contribution in [1.82, 2.24) is 4.98 Å². The van der Waals surface area contributed by atoms with Gasteiger partial charge in [0.2, 0.25) is 0 Å². The van der Waals surface area contributed by atoms with Crippen molar-refractivity contribution in [3.05, 3.63) is 76.2 Å². The van der Waals surface area contributed by atoms with Gasteiger partial charge in [0, 0.05) is 0 Å². The summed E-state index contributed by atoms with van der Waals surface area (Å²) in [5.74, 6) is 0. The summed E-state index contributed by atoms with van der Waals surface area (Å²) in [4.78, 5) is 5.10. The standard InChI is InChI=1S/C17H15NOS/c1-12-17(20-11-18-12)16(19)15-9-7-14(8-10-15)13-5-3-2-4-6-13/h2-11,16,19H,1H3. The molecule has 0 radical (unpaired) electrons. The minimum atomic E-state index is -0.590. The van der Waals surface area contributed by atoms with Gasteiger partial charge >= 0.3 is 0 Å². The molecule has 1 N–H and O–H groups in total. The number of rotatable bonds is 3. The predicted octanol–water partition coefficient (Wildman–Crippen LogP) is 4.20. The Morgan fingerprint density at radius 3 is 2.20 bits per heavy atom. The molecule has 3 aromatic rings. The first-order chi connectivity index (χ1) is 9.75. The molecule has 0 aliphatic heterocycles. The van der Waals surface area contributed by atoms with Gasteiger partial charge in [-0.1, -0.05) is 54.6 Å². The second-order valence-electron chi connectivity index (χ2n) is 4.69. The quantitative estimate of drug-likeness (QED) is 0.780. The molecule has 3 heteroatoms. The van der Waals surface area contributed by atoms with Crippen molar-refractivity contribution in [2.24, 2.45) is 0 Å². The van der Waals surface area contributed by atoms with E-state index in [9.17, 15) is 5.11 Å². The summed E-state index contributed by atoms with van der Waals surface area (Å²) >= 11 is 1.49. The summed E-state index contributed by atoms with van der Waals surface area (Å²) in [5.41, 5.74) is 5.91. The van der Waals surface area contributed by atoms with Crippen LogP contribution >= 0.6 is 11.3 Å². The Morgan fingerprint density at radius 1 is 0.950 bits per heavy atom. The molecule has 0 amide bonds. The largest absolute Gasteiger partial charge is 0.383 e. The van der Waals surface area contributed by atoms with Crippen molar-refractivity contribution in [3.8, 4) is 11.1 Å². The molecule has 0 aliphatic carbocycles. The zero-order valence-electron chi connectivity index (χ0n) is 11.2. The van der Waals surface area contributed by atoms with Crippen molar-refractivity contribution in [2.45, 2.75) is 13.0 Å². The van der Waals surface area contributed by atoms with E-state index in [0.717, 1.165) is 21.7 Å². The van der Waals surface area contributed by atoms with Gasteiger partial charge in [-0.25, -0.2) is 4.98 Å². The Morgan fingerprint density at radius 2 is 1.60 bits per heavy atom. The fraction of sp³-hybridized carbons (Fsp3) is 0.118. The highest BCUT2D eigenvalue weighted by Crippen LogP contribution is 2.29. The topological polar surface area (TPSA) is 33.1 Å². The lowest BCUT2D eigenvalue weighted by atomic mass is 10.0. The highest BCUT2D eigenvalue weighted by Gasteiger charge is 2.15. The fourth-order valence-corrected chi connectivity index (χ4v) is 3.03. The molecule has 1 heterocycles. The zero-order valence-corrected chi connectivity index (χ0v) is 12.0. The van der Waals surface area contributed by atoms with Gasteiger partial charge in [0.1, 0.15) is 6.10 Å². The molecule has 1 unspecified atom stereocenters. The van der Waals surface area contributed by atoms with Crippen molar-refractivity contribution in [2.75, 3.05) is 0 Å². The molecule has 1 aromatic heterocycles. The van der Waals surface area contributed by atoms with E-state index in [0.29, 0.717) is 0 Å². The van der Waals surface area contributed by atoms with E-state index in [1.54, 1.807) is 5.51 Å². The molecule has 0 saturated heterocycles. The first-order valence-electron chi connectivity index (χ1n) is 6.49. The van der Waals surface area contributed by atoms with Crippen LogP contribution in [0.25, 0.3) is 11.1 Å². The molecule has 0 spiro atoms. The lowest BCUT2D eigenvalue weighted by Crippen LogP contribution is -1.99. The second-order valence-corrected chi connectivity index (χ2v) is 5.58. The number of hydrogen-bond acceptors (Lipinski definition) is 3. The van der Waals surface area contributed by atoms with Crippen molar-refractivity contribution in [1.29, 1.82) is 0 Å². The van der Waals surface area contributed by atoms with Crippen molar-refractivity contribution < 1.29 is 5.11 Å². The summed E-state index contributed by atoms with van der Waals surface area (Å²) in [6.07, 6.45) is -0.590. The number of aliphatic hydroxyl groups excluding tert-OH is 1. The van der Waals surface area contributed by atoms with E-state index in [1.165, 1.54) is 16.9 Å². The number of nitrogens with zero attached hydrogens (tertiary/aromatic N) is 1. The van der Waals surface area contributed by atoms with Gasteiger partial charge in [0.05, 0.1) is 16.1 Å². The number of aryl methyl sites for hydroxylation is 1. The average Bonchev–Trinajstić information content (AvgIpc) is 2.94. The number of aliphatic hydroxyl groups is 1. The van der Waals surface area contributed by atoms with Gasteiger partial charge in [-0.2, -0.15) is 0 Å². The Kier molecular flexibility index (Phi) is 3.63. The van der Waals surface area contributed by atoms with Gasteiger partial charge in [-0.3, -0.25) is 0 Å². The van der Waals surface area contributed by atoms with Crippen LogP contribution in [0.3, 0.4) is 0 Å². The lowest BCUT2D eigenvalue weighted by molar-refractivity contribution is 0.223. The maximum atomic E-state index is 10.4. The molecule has 3 rings (SSSR count). The third kappa shape index (κ3) is 2.50. The Bertz CT molecular complexity index is 689. The second kappa shape index (κ2) is 5.57. The van der Waals surface area contributed by atoms with Crippen LogP contribution in [-0.2, 0) is 0 Å². The van der Waals surface area contributed by atoms with Gasteiger partial charge < -0.3 is 5.11 Å². The molecular formula is C17H15NOS. The predicted molar refractivity (Wildman–Crippen MR) is 82.8 cm³/mol. The van der Waals surface area contributed by atoms with E-state index in [4.69, 9.17) is 0 Å². The van der Waals surface area contributed by atoms with Crippen molar-refractivity contribution >= 4 is 11.3 Å². The van der Waals surface area contributed by atoms with Crippen LogP contribution in [0.4, 0.5) is 0 Å².